The zero-order valence-electron chi connectivity index (χ0n) is 13.4. The maximum Gasteiger partial charge on any atom is 0.251 e. The highest BCUT2D eigenvalue weighted by Crippen LogP contribution is 2.39. The number of benzene rings is 1. The molecule has 126 valence electrons. The van der Waals surface area contributed by atoms with Gasteiger partial charge in [0.25, 0.3) is 5.91 Å². The van der Waals surface area contributed by atoms with Crippen LogP contribution in [-0.2, 0) is 21.5 Å². The molecule has 2 saturated heterocycles. The number of ether oxygens (including phenoxy) is 1. The molecule has 0 aromatic heterocycles. The van der Waals surface area contributed by atoms with E-state index in [-0.39, 0.29) is 29.8 Å². The van der Waals surface area contributed by atoms with Crippen molar-refractivity contribution in [2.75, 3.05) is 26.2 Å². The van der Waals surface area contributed by atoms with E-state index in [9.17, 15) is 4.79 Å². The molecule has 23 heavy (non-hydrogen) atoms. The summed E-state index contributed by atoms with van der Waals surface area (Å²) in [5.74, 6) is 0.212. The van der Waals surface area contributed by atoms with Crippen molar-refractivity contribution in [2.45, 2.75) is 43.7 Å². The number of hydrogen-bond donors (Lipinski definition) is 1. The van der Waals surface area contributed by atoms with Gasteiger partial charge in [-0.05, 0) is 36.8 Å². The summed E-state index contributed by atoms with van der Waals surface area (Å²) < 4.78 is 5.56. The number of hydrogen-bond acceptors (Lipinski definition) is 3. The Bertz CT molecular complexity index is 564. The Morgan fingerprint density at radius 2 is 2.04 bits per heavy atom. The van der Waals surface area contributed by atoms with Gasteiger partial charge < -0.3 is 15.0 Å². The number of nitrogens with one attached hydrogen (secondary N) is 1. The molecule has 1 spiro atoms. The first-order valence-corrected chi connectivity index (χ1v) is 8.48. The number of rotatable bonds is 1. The summed E-state index contributed by atoms with van der Waals surface area (Å²) in [6.07, 6.45) is 3.84. The Balaban J connectivity index is 0.00000156. The predicted octanol–water partition coefficient (Wildman–Crippen LogP) is 2.25. The fraction of sp³-hybridized carbons (Fsp3) is 0.611. The first-order chi connectivity index (χ1) is 10.8. The first kappa shape index (κ1) is 16.7. The zero-order valence-corrected chi connectivity index (χ0v) is 14.2. The number of fused-ring (bicyclic) bond motifs is 2. The minimum Gasteiger partial charge on any atom is -0.368 e. The monoisotopic (exact) mass is 336 g/mol. The quantitative estimate of drug-likeness (QED) is 0.855. The third-order valence-corrected chi connectivity index (χ3v) is 5.60. The van der Waals surface area contributed by atoms with E-state index in [1.165, 1.54) is 11.1 Å². The second-order valence-electron chi connectivity index (χ2n) is 6.87. The number of carbonyl (C=O) groups is 1. The Hall–Kier alpha value is -1.10. The Morgan fingerprint density at radius 3 is 2.78 bits per heavy atom. The fourth-order valence-electron chi connectivity index (χ4n) is 4.30. The van der Waals surface area contributed by atoms with Gasteiger partial charge in [0.2, 0.25) is 0 Å². The lowest BCUT2D eigenvalue weighted by molar-refractivity contribution is -0.142. The number of nitrogens with zero attached hydrogens (tertiary/aromatic N) is 1. The third kappa shape index (κ3) is 3.00. The van der Waals surface area contributed by atoms with Gasteiger partial charge in [-0.25, -0.2) is 0 Å². The van der Waals surface area contributed by atoms with E-state index in [0.717, 1.165) is 58.5 Å². The number of carbonyl (C=O) groups excluding carboxylic acids is 1. The van der Waals surface area contributed by atoms with E-state index < -0.39 is 0 Å². The van der Waals surface area contributed by atoms with Crippen molar-refractivity contribution in [3.8, 4) is 0 Å². The summed E-state index contributed by atoms with van der Waals surface area (Å²) in [4.78, 5) is 14.5. The molecule has 3 aliphatic rings. The molecule has 3 aliphatic heterocycles. The SMILES string of the molecule is Cl.O=C([C@H]1CCCO1)N1CCC2(CC1)CNCc1ccccc12. The van der Waals surface area contributed by atoms with Gasteiger partial charge in [0.1, 0.15) is 6.10 Å². The van der Waals surface area contributed by atoms with Crippen molar-refractivity contribution in [1.82, 2.24) is 10.2 Å². The van der Waals surface area contributed by atoms with Crippen LogP contribution in [0.25, 0.3) is 0 Å². The van der Waals surface area contributed by atoms with Crippen LogP contribution >= 0.6 is 12.4 Å². The van der Waals surface area contributed by atoms with Crippen molar-refractivity contribution in [3.63, 3.8) is 0 Å². The van der Waals surface area contributed by atoms with Crippen LogP contribution in [0.5, 0.6) is 0 Å². The molecule has 4 nitrogen and oxygen atoms in total. The van der Waals surface area contributed by atoms with Gasteiger partial charge in [-0.3, -0.25) is 4.79 Å². The van der Waals surface area contributed by atoms with Gasteiger partial charge in [0.05, 0.1) is 0 Å². The van der Waals surface area contributed by atoms with E-state index in [4.69, 9.17) is 4.74 Å². The lowest BCUT2D eigenvalue weighted by Crippen LogP contribution is -2.53. The second-order valence-corrected chi connectivity index (χ2v) is 6.87. The highest BCUT2D eigenvalue weighted by molar-refractivity contribution is 5.85. The molecule has 2 fully saturated rings. The van der Waals surface area contributed by atoms with Crippen LogP contribution in [0.15, 0.2) is 24.3 Å². The maximum atomic E-state index is 12.5. The van der Waals surface area contributed by atoms with E-state index >= 15 is 0 Å². The number of halogens is 1. The summed E-state index contributed by atoms with van der Waals surface area (Å²) in [7, 11) is 0. The molecule has 0 aliphatic carbocycles. The predicted molar refractivity (Wildman–Crippen MR) is 91.9 cm³/mol. The van der Waals surface area contributed by atoms with Crippen molar-refractivity contribution in [2.24, 2.45) is 0 Å². The van der Waals surface area contributed by atoms with E-state index in [1.807, 2.05) is 4.90 Å². The molecule has 4 rings (SSSR count). The number of amides is 1. The second kappa shape index (κ2) is 6.80. The smallest absolute Gasteiger partial charge is 0.251 e. The van der Waals surface area contributed by atoms with Gasteiger partial charge in [0.15, 0.2) is 0 Å². The van der Waals surface area contributed by atoms with Crippen LogP contribution in [0.1, 0.15) is 36.8 Å². The molecule has 5 heteroatoms. The molecule has 3 heterocycles. The van der Waals surface area contributed by atoms with Crippen LogP contribution in [0, 0.1) is 0 Å². The summed E-state index contributed by atoms with van der Waals surface area (Å²) in [5, 5.41) is 3.57. The van der Waals surface area contributed by atoms with Crippen molar-refractivity contribution in [3.05, 3.63) is 35.4 Å². The molecule has 1 atom stereocenters. The largest absolute Gasteiger partial charge is 0.368 e. The van der Waals surface area contributed by atoms with Crippen molar-refractivity contribution >= 4 is 18.3 Å². The Morgan fingerprint density at radius 1 is 1.26 bits per heavy atom. The molecule has 0 bridgehead atoms. The molecule has 1 aromatic rings. The molecule has 1 aromatic carbocycles. The molecule has 0 unspecified atom stereocenters. The third-order valence-electron chi connectivity index (χ3n) is 5.60. The summed E-state index contributed by atoms with van der Waals surface area (Å²) in [6.45, 7) is 4.46. The Labute approximate surface area is 144 Å². The highest BCUT2D eigenvalue weighted by Gasteiger charge is 2.41. The van der Waals surface area contributed by atoms with Crippen LogP contribution in [0.4, 0.5) is 0 Å². The molecule has 1 N–H and O–H groups in total. The number of likely N-dealkylation sites (tertiary alicyclic amines) is 1. The summed E-state index contributed by atoms with van der Waals surface area (Å²) in [5.41, 5.74) is 3.13. The summed E-state index contributed by atoms with van der Waals surface area (Å²) >= 11 is 0. The fourth-order valence-corrected chi connectivity index (χ4v) is 4.30. The van der Waals surface area contributed by atoms with Crippen LogP contribution in [0.3, 0.4) is 0 Å². The lowest BCUT2D eigenvalue weighted by Gasteiger charge is -2.46. The normalized spacial score (nSPS) is 25.7. The molecule has 0 saturated carbocycles. The molecule has 0 radical (unpaired) electrons. The van der Waals surface area contributed by atoms with Gasteiger partial charge in [-0.2, -0.15) is 0 Å². The van der Waals surface area contributed by atoms with E-state index in [0.29, 0.717) is 0 Å². The zero-order chi connectivity index (χ0) is 15.0. The topological polar surface area (TPSA) is 41.6 Å². The van der Waals surface area contributed by atoms with Crippen LogP contribution in [-0.4, -0.2) is 43.2 Å². The standard InChI is InChI=1S/C18H24N2O2.ClH/c21-17(16-6-3-11-22-16)20-9-7-18(8-10-20)13-19-12-14-4-1-2-5-15(14)18;/h1-2,4-5,16,19H,3,6-13H2;1H/t16-;/m1./s1. The van der Waals surface area contributed by atoms with Gasteiger partial charge in [-0.1, -0.05) is 24.3 Å². The van der Waals surface area contributed by atoms with Gasteiger partial charge in [0, 0.05) is 38.2 Å². The van der Waals surface area contributed by atoms with E-state index in [1.54, 1.807) is 0 Å². The average Bonchev–Trinajstić information content (AvgIpc) is 3.10. The van der Waals surface area contributed by atoms with Gasteiger partial charge in [-0.15, -0.1) is 12.4 Å². The Kier molecular flexibility index (Phi) is 4.95. The van der Waals surface area contributed by atoms with Gasteiger partial charge >= 0.3 is 0 Å². The summed E-state index contributed by atoms with van der Waals surface area (Å²) in [6, 6.07) is 8.78. The highest BCUT2D eigenvalue weighted by atomic mass is 35.5. The number of piperidine rings is 1. The van der Waals surface area contributed by atoms with Crippen molar-refractivity contribution in [1.29, 1.82) is 0 Å². The van der Waals surface area contributed by atoms with Crippen LogP contribution in [0.2, 0.25) is 0 Å². The molecule has 1 amide bonds. The first-order valence-electron chi connectivity index (χ1n) is 8.48. The average molecular weight is 337 g/mol. The lowest BCUT2D eigenvalue weighted by atomic mass is 9.69. The minimum absolute atomic E-state index is 0. The minimum atomic E-state index is -0.175. The molecular formula is C18H25ClN2O2. The maximum absolute atomic E-state index is 12.5. The molecular weight excluding hydrogens is 312 g/mol. The van der Waals surface area contributed by atoms with E-state index in [2.05, 4.69) is 29.6 Å². The van der Waals surface area contributed by atoms with Crippen LogP contribution < -0.4 is 5.32 Å². The van der Waals surface area contributed by atoms with Crippen molar-refractivity contribution < 1.29 is 9.53 Å².